The molecule has 1 amide bonds. The van der Waals surface area contributed by atoms with Gasteiger partial charge >= 0.3 is 0 Å². The second-order valence-electron chi connectivity index (χ2n) is 10.1. The molecule has 1 aliphatic rings. The molecule has 0 bridgehead atoms. The maximum absolute atomic E-state index is 13.6. The zero-order chi connectivity index (χ0) is 26.4. The van der Waals surface area contributed by atoms with Crippen LogP contribution in [0.5, 0.6) is 0 Å². The van der Waals surface area contributed by atoms with E-state index in [9.17, 15) is 13.2 Å². The number of hydrogen-bond acceptors (Lipinski definition) is 4. The molecule has 0 atom stereocenters. The number of sulfonamides is 1. The van der Waals surface area contributed by atoms with Gasteiger partial charge in [-0.25, -0.2) is 8.42 Å². The lowest BCUT2D eigenvalue weighted by molar-refractivity contribution is -0.119. The van der Waals surface area contributed by atoms with Crippen molar-refractivity contribution in [3.8, 4) is 0 Å². The van der Waals surface area contributed by atoms with Gasteiger partial charge < -0.3 is 5.32 Å². The molecule has 3 aromatic rings. The summed E-state index contributed by atoms with van der Waals surface area (Å²) < 4.78 is 28.4. The highest BCUT2D eigenvalue weighted by molar-refractivity contribution is 7.92. The van der Waals surface area contributed by atoms with E-state index in [0.29, 0.717) is 18.2 Å². The molecule has 1 aliphatic heterocycles. The molecule has 1 heterocycles. The molecule has 6 nitrogen and oxygen atoms in total. The third-order valence-electron chi connectivity index (χ3n) is 6.86. The highest BCUT2D eigenvalue weighted by Gasteiger charge is 2.27. The van der Waals surface area contributed by atoms with Crippen LogP contribution in [0.3, 0.4) is 0 Å². The average Bonchev–Trinajstić information content (AvgIpc) is 3.40. The largest absolute Gasteiger partial charge is 0.350 e. The van der Waals surface area contributed by atoms with Crippen LogP contribution >= 0.6 is 0 Å². The molecule has 196 valence electrons. The summed E-state index contributed by atoms with van der Waals surface area (Å²) in [5.41, 5.74) is 4.78. The van der Waals surface area contributed by atoms with Crippen molar-refractivity contribution in [1.82, 2.24) is 10.2 Å². The summed E-state index contributed by atoms with van der Waals surface area (Å²) in [5, 5.41) is 2.90. The SMILES string of the molecule is Cc1ccc(S(=O)(=O)N(CC(=O)NCc2ccc(CN3CCCC3)cc2)c2ccc(C(C)C)cc2)cc1. The quantitative estimate of drug-likeness (QED) is 0.398. The van der Waals surface area contributed by atoms with E-state index in [2.05, 4.69) is 36.2 Å². The lowest BCUT2D eigenvalue weighted by Crippen LogP contribution is -2.40. The smallest absolute Gasteiger partial charge is 0.264 e. The Morgan fingerprint density at radius 2 is 1.49 bits per heavy atom. The van der Waals surface area contributed by atoms with Gasteiger partial charge in [-0.2, -0.15) is 0 Å². The molecule has 1 saturated heterocycles. The van der Waals surface area contributed by atoms with E-state index in [1.807, 2.05) is 31.2 Å². The highest BCUT2D eigenvalue weighted by atomic mass is 32.2. The Bertz CT molecular complexity index is 1280. The van der Waals surface area contributed by atoms with Crippen LogP contribution in [-0.4, -0.2) is 38.9 Å². The van der Waals surface area contributed by atoms with Crippen LogP contribution in [0.4, 0.5) is 5.69 Å². The Hall–Kier alpha value is -3.16. The summed E-state index contributed by atoms with van der Waals surface area (Å²) in [7, 11) is -3.93. The number of nitrogens with zero attached hydrogens (tertiary/aromatic N) is 2. The number of carbonyl (C=O) groups is 1. The minimum absolute atomic E-state index is 0.160. The monoisotopic (exact) mass is 519 g/mol. The molecule has 37 heavy (non-hydrogen) atoms. The lowest BCUT2D eigenvalue weighted by atomic mass is 10.0. The summed E-state index contributed by atoms with van der Waals surface area (Å²) in [6, 6.07) is 22.3. The van der Waals surface area contributed by atoms with Gasteiger partial charge in [0.05, 0.1) is 10.6 Å². The summed E-state index contributed by atoms with van der Waals surface area (Å²) in [4.78, 5) is 15.6. The molecular formula is C30H37N3O3S. The molecule has 1 fully saturated rings. The molecule has 7 heteroatoms. The van der Waals surface area contributed by atoms with Crippen molar-refractivity contribution in [3.05, 3.63) is 95.1 Å². The Morgan fingerprint density at radius 3 is 2.08 bits per heavy atom. The Kier molecular flexibility index (Phi) is 8.67. The van der Waals surface area contributed by atoms with Gasteiger partial charge in [-0.3, -0.25) is 14.0 Å². The minimum atomic E-state index is -3.93. The van der Waals surface area contributed by atoms with Crippen molar-refractivity contribution in [2.45, 2.75) is 57.5 Å². The number of nitrogens with one attached hydrogen (secondary N) is 1. The van der Waals surface area contributed by atoms with Crippen molar-refractivity contribution in [2.75, 3.05) is 23.9 Å². The van der Waals surface area contributed by atoms with E-state index in [1.54, 1.807) is 36.4 Å². The fourth-order valence-corrected chi connectivity index (χ4v) is 5.95. The number of hydrogen-bond donors (Lipinski definition) is 1. The Labute approximate surface area is 221 Å². The van der Waals surface area contributed by atoms with Gasteiger partial charge in [-0.05, 0) is 79.7 Å². The average molecular weight is 520 g/mol. The first-order valence-electron chi connectivity index (χ1n) is 13.0. The number of aryl methyl sites for hydroxylation is 1. The molecule has 0 unspecified atom stereocenters. The predicted octanol–water partition coefficient (Wildman–Crippen LogP) is 5.23. The number of amides is 1. The van der Waals surface area contributed by atoms with Crippen LogP contribution < -0.4 is 9.62 Å². The van der Waals surface area contributed by atoms with Gasteiger partial charge in [0.2, 0.25) is 5.91 Å². The van der Waals surface area contributed by atoms with E-state index < -0.39 is 10.0 Å². The summed E-state index contributed by atoms with van der Waals surface area (Å²) >= 11 is 0. The van der Waals surface area contributed by atoms with Crippen LogP contribution in [0.1, 0.15) is 54.9 Å². The molecule has 4 rings (SSSR count). The summed E-state index contributed by atoms with van der Waals surface area (Å²) in [6.45, 7) is 9.38. The van der Waals surface area contributed by atoms with Gasteiger partial charge in [0.25, 0.3) is 10.0 Å². The molecule has 0 saturated carbocycles. The van der Waals surface area contributed by atoms with E-state index >= 15 is 0 Å². The van der Waals surface area contributed by atoms with Crippen LogP contribution in [-0.2, 0) is 27.9 Å². The van der Waals surface area contributed by atoms with Crippen molar-refractivity contribution in [2.24, 2.45) is 0 Å². The first-order chi connectivity index (χ1) is 17.7. The zero-order valence-corrected chi connectivity index (χ0v) is 22.8. The van der Waals surface area contributed by atoms with E-state index in [-0.39, 0.29) is 17.3 Å². The molecule has 0 aromatic heterocycles. The third kappa shape index (κ3) is 6.99. The van der Waals surface area contributed by atoms with Crippen LogP contribution in [0.2, 0.25) is 0 Å². The second kappa shape index (κ2) is 11.9. The van der Waals surface area contributed by atoms with Crippen molar-refractivity contribution < 1.29 is 13.2 Å². The van der Waals surface area contributed by atoms with Gasteiger partial charge in [-0.15, -0.1) is 0 Å². The third-order valence-corrected chi connectivity index (χ3v) is 8.65. The van der Waals surface area contributed by atoms with Gasteiger partial charge in [-0.1, -0.05) is 67.9 Å². The Balaban J connectivity index is 1.46. The Morgan fingerprint density at radius 1 is 0.892 bits per heavy atom. The number of carbonyl (C=O) groups excluding carboxylic acids is 1. The lowest BCUT2D eigenvalue weighted by Gasteiger charge is -2.24. The summed E-state index contributed by atoms with van der Waals surface area (Å²) in [6.07, 6.45) is 2.53. The minimum Gasteiger partial charge on any atom is -0.350 e. The topological polar surface area (TPSA) is 69.7 Å². The van der Waals surface area contributed by atoms with Crippen LogP contribution in [0.25, 0.3) is 0 Å². The fourth-order valence-electron chi connectivity index (χ4n) is 4.53. The maximum atomic E-state index is 13.6. The van der Waals surface area contributed by atoms with Gasteiger partial charge in [0.1, 0.15) is 6.54 Å². The molecular weight excluding hydrogens is 482 g/mol. The standard InChI is InChI=1S/C30H37N3O3S/c1-23(2)27-12-14-28(15-13-27)33(37(35,36)29-16-6-24(3)7-17-29)22-30(34)31-20-25-8-10-26(11-9-25)21-32-18-4-5-19-32/h6-17,23H,4-5,18-22H2,1-3H3,(H,31,34). The van der Waals surface area contributed by atoms with Gasteiger partial charge in [0, 0.05) is 13.1 Å². The first kappa shape index (κ1) is 26.9. The molecule has 0 radical (unpaired) electrons. The zero-order valence-electron chi connectivity index (χ0n) is 22.0. The fraction of sp³-hybridized carbons (Fsp3) is 0.367. The number of benzene rings is 3. The molecule has 3 aromatic carbocycles. The van der Waals surface area contributed by atoms with Crippen molar-refractivity contribution >= 4 is 21.6 Å². The summed E-state index contributed by atoms with van der Waals surface area (Å²) in [5.74, 6) is -0.0361. The van der Waals surface area contributed by atoms with Crippen LogP contribution in [0, 0.1) is 6.92 Å². The maximum Gasteiger partial charge on any atom is 0.264 e. The van der Waals surface area contributed by atoms with E-state index in [0.717, 1.165) is 36.3 Å². The van der Waals surface area contributed by atoms with Gasteiger partial charge in [0.15, 0.2) is 0 Å². The first-order valence-corrected chi connectivity index (χ1v) is 14.4. The van der Waals surface area contributed by atoms with Crippen molar-refractivity contribution in [1.29, 1.82) is 0 Å². The van der Waals surface area contributed by atoms with Crippen molar-refractivity contribution in [3.63, 3.8) is 0 Å². The molecule has 0 aliphatic carbocycles. The second-order valence-corrected chi connectivity index (χ2v) is 12.0. The predicted molar refractivity (Wildman–Crippen MR) is 149 cm³/mol. The molecule has 0 spiro atoms. The van der Waals surface area contributed by atoms with E-state index in [4.69, 9.17) is 0 Å². The van der Waals surface area contributed by atoms with Crippen LogP contribution in [0.15, 0.2) is 77.7 Å². The normalized spacial score (nSPS) is 14.2. The highest BCUT2D eigenvalue weighted by Crippen LogP contribution is 2.26. The van der Waals surface area contributed by atoms with E-state index in [1.165, 1.54) is 22.7 Å². The number of anilines is 1. The number of rotatable bonds is 10. The number of likely N-dealkylation sites (tertiary alicyclic amines) is 1. The molecule has 1 N–H and O–H groups in total.